The number of piperazine rings is 1. The van der Waals surface area contributed by atoms with Gasteiger partial charge in [-0.15, -0.1) is 0 Å². The molecule has 10 heteroatoms. The van der Waals surface area contributed by atoms with Gasteiger partial charge in [0, 0.05) is 49.1 Å². The molecular formula is C21H22ClN3O5S. The van der Waals surface area contributed by atoms with Crippen molar-refractivity contribution in [1.82, 2.24) is 4.31 Å². The minimum Gasteiger partial charge on any atom is -0.475 e. The highest BCUT2D eigenvalue weighted by Crippen LogP contribution is 2.31. The summed E-state index contributed by atoms with van der Waals surface area (Å²) in [5.41, 5.74) is 2.48. The van der Waals surface area contributed by atoms with Crippen LogP contribution in [0, 0.1) is 0 Å². The Labute approximate surface area is 185 Å². The number of carbonyl (C=O) groups excluding carboxylic acids is 1. The summed E-state index contributed by atoms with van der Waals surface area (Å²) in [5.74, 6) is -2.35. The topological polar surface area (TPSA) is 98.2 Å². The maximum absolute atomic E-state index is 13.2. The minimum atomic E-state index is -3.65. The first kappa shape index (κ1) is 21.6. The van der Waals surface area contributed by atoms with Crippen LogP contribution in [0.4, 0.5) is 11.4 Å². The summed E-state index contributed by atoms with van der Waals surface area (Å²) in [7, 11) is -3.65. The number of aliphatic carboxylic acids is 1. The van der Waals surface area contributed by atoms with Crippen molar-refractivity contribution in [2.75, 3.05) is 49.1 Å². The fraction of sp³-hybridized carbons (Fsp3) is 0.333. The average molecular weight is 464 g/mol. The molecule has 2 heterocycles. The second-order valence-electron chi connectivity index (χ2n) is 7.56. The third kappa shape index (κ3) is 4.39. The first-order valence-corrected chi connectivity index (χ1v) is 11.7. The van der Waals surface area contributed by atoms with E-state index in [4.69, 9.17) is 16.7 Å². The lowest BCUT2D eigenvalue weighted by Gasteiger charge is -2.35. The number of fused-ring (bicyclic) bond motifs is 1. The van der Waals surface area contributed by atoms with E-state index in [1.165, 1.54) is 10.4 Å². The molecule has 8 nitrogen and oxygen atoms in total. The molecule has 0 radical (unpaired) electrons. The quantitative estimate of drug-likeness (QED) is 0.653. The van der Waals surface area contributed by atoms with Crippen molar-refractivity contribution in [2.45, 2.75) is 11.3 Å². The average Bonchev–Trinajstić information content (AvgIpc) is 3.16. The summed E-state index contributed by atoms with van der Waals surface area (Å²) in [6.07, 6.45) is 0.564. The second kappa shape index (κ2) is 8.49. The highest BCUT2D eigenvalue weighted by atomic mass is 35.5. The van der Waals surface area contributed by atoms with Gasteiger partial charge < -0.3 is 14.9 Å². The largest absolute Gasteiger partial charge is 0.475 e. The standard InChI is InChI=1S/C21H22ClN3O5S/c22-16-2-1-3-17(13-16)23-8-10-25(11-9-23)31(29,30)18-4-5-19-15(12-18)6-7-24(19)14-20(26)21(27)28/h1-5,12-13H,6-11,14H2,(H,27,28). The molecule has 0 aliphatic carbocycles. The zero-order chi connectivity index (χ0) is 22.2. The highest BCUT2D eigenvalue weighted by molar-refractivity contribution is 7.89. The molecule has 2 aromatic rings. The molecule has 2 aromatic carbocycles. The number of carboxylic acid groups (broad SMARTS) is 1. The predicted molar refractivity (Wildman–Crippen MR) is 117 cm³/mol. The molecule has 0 bridgehead atoms. The lowest BCUT2D eigenvalue weighted by atomic mass is 10.2. The number of nitrogens with zero attached hydrogens (tertiary/aromatic N) is 3. The molecule has 1 saturated heterocycles. The van der Waals surface area contributed by atoms with Crippen LogP contribution >= 0.6 is 11.6 Å². The number of carboxylic acids is 1. The van der Waals surface area contributed by atoms with Crippen molar-refractivity contribution in [3.8, 4) is 0 Å². The number of rotatable bonds is 6. The molecule has 4 rings (SSSR count). The van der Waals surface area contributed by atoms with Gasteiger partial charge in [0.25, 0.3) is 5.78 Å². The van der Waals surface area contributed by atoms with E-state index in [0.717, 1.165) is 11.3 Å². The third-order valence-electron chi connectivity index (χ3n) is 5.67. The molecule has 2 aliphatic heterocycles. The van der Waals surface area contributed by atoms with Crippen molar-refractivity contribution < 1.29 is 23.1 Å². The maximum Gasteiger partial charge on any atom is 0.374 e. The smallest absolute Gasteiger partial charge is 0.374 e. The van der Waals surface area contributed by atoms with Gasteiger partial charge in [-0.2, -0.15) is 4.31 Å². The lowest BCUT2D eigenvalue weighted by molar-refractivity contribution is -0.148. The van der Waals surface area contributed by atoms with Crippen LogP contribution in [0.3, 0.4) is 0 Å². The van der Waals surface area contributed by atoms with Crippen molar-refractivity contribution >= 4 is 44.8 Å². The number of benzene rings is 2. The molecule has 1 N–H and O–H groups in total. The summed E-state index contributed by atoms with van der Waals surface area (Å²) in [6.45, 7) is 2.12. The predicted octanol–water partition coefficient (Wildman–Crippen LogP) is 1.87. The molecule has 0 unspecified atom stereocenters. The Bertz CT molecular complexity index is 1130. The number of ketones is 1. The van der Waals surface area contributed by atoms with E-state index in [9.17, 15) is 18.0 Å². The van der Waals surface area contributed by atoms with Gasteiger partial charge in [-0.3, -0.25) is 4.79 Å². The van der Waals surface area contributed by atoms with Crippen LogP contribution in [0.15, 0.2) is 47.4 Å². The first-order chi connectivity index (χ1) is 14.8. The Hall–Kier alpha value is -2.62. The zero-order valence-electron chi connectivity index (χ0n) is 16.7. The van der Waals surface area contributed by atoms with Crippen molar-refractivity contribution in [3.63, 3.8) is 0 Å². The number of hydrogen-bond donors (Lipinski definition) is 1. The minimum absolute atomic E-state index is 0.217. The number of sulfonamides is 1. The summed E-state index contributed by atoms with van der Waals surface area (Å²) >= 11 is 6.06. The van der Waals surface area contributed by atoms with Crippen LogP contribution in [0.2, 0.25) is 5.02 Å². The fourth-order valence-corrected chi connectivity index (χ4v) is 5.68. The van der Waals surface area contributed by atoms with E-state index in [2.05, 4.69) is 4.90 Å². The van der Waals surface area contributed by atoms with Crippen LogP contribution in [0.5, 0.6) is 0 Å². The van der Waals surface area contributed by atoms with Crippen LogP contribution in [-0.2, 0) is 26.0 Å². The van der Waals surface area contributed by atoms with Gasteiger partial charge in [0.15, 0.2) is 0 Å². The van der Waals surface area contributed by atoms with Crippen LogP contribution in [0.1, 0.15) is 5.56 Å². The summed E-state index contributed by atoms with van der Waals surface area (Å²) < 4.78 is 27.8. The maximum atomic E-state index is 13.2. The van der Waals surface area contributed by atoms with E-state index >= 15 is 0 Å². The lowest BCUT2D eigenvalue weighted by Crippen LogP contribution is -2.48. The molecule has 0 saturated carbocycles. The Balaban J connectivity index is 1.46. The van der Waals surface area contributed by atoms with Gasteiger partial charge in [-0.25, -0.2) is 13.2 Å². The van der Waals surface area contributed by atoms with Gasteiger partial charge in [0.2, 0.25) is 10.0 Å². The third-order valence-corrected chi connectivity index (χ3v) is 7.80. The number of anilines is 2. The molecule has 0 aromatic heterocycles. The van der Waals surface area contributed by atoms with Gasteiger partial charge >= 0.3 is 5.97 Å². The monoisotopic (exact) mass is 463 g/mol. The number of carbonyl (C=O) groups is 2. The Kier molecular flexibility index (Phi) is 5.92. The van der Waals surface area contributed by atoms with E-state index in [0.29, 0.717) is 49.9 Å². The van der Waals surface area contributed by atoms with Gasteiger partial charge in [-0.05, 0) is 48.4 Å². The molecular weight excluding hydrogens is 442 g/mol. The SMILES string of the molecule is O=C(O)C(=O)CN1CCc2cc(S(=O)(=O)N3CCN(c4cccc(Cl)c4)CC3)ccc21. The van der Waals surface area contributed by atoms with Crippen molar-refractivity contribution in [1.29, 1.82) is 0 Å². The first-order valence-electron chi connectivity index (χ1n) is 9.90. The molecule has 0 atom stereocenters. The van der Waals surface area contributed by atoms with Gasteiger partial charge in [0.1, 0.15) is 0 Å². The number of Topliss-reactive ketones (excluding diaryl/α,β-unsaturated/α-hetero) is 1. The van der Waals surface area contributed by atoms with Gasteiger partial charge in [-0.1, -0.05) is 17.7 Å². The molecule has 2 aliphatic rings. The number of hydrogen-bond acceptors (Lipinski definition) is 6. The van der Waals surface area contributed by atoms with Crippen molar-refractivity contribution in [3.05, 3.63) is 53.1 Å². The molecule has 164 valence electrons. The molecule has 1 fully saturated rings. The van der Waals surface area contributed by atoms with Crippen molar-refractivity contribution in [2.24, 2.45) is 0 Å². The highest BCUT2D eigenvalue weighted by Gasteiger charge is 2.31. The van der Waals surface area contributed by atoms with E-state index in [-0.39, 0.29) is 11.4 Å². The zero-order valence-corrected chi connectivity index (χ0v) is 18.3. The van der Waals surface area contributed by atoms with E-state index in [1.54, 1.807) is 23.1 Å². The Morgan fingerprint density at radius 1 is 1.00 bits per heavy atom. The fourth-order valence-electron chi connectivity index (χ4n) is 4.02. The normalized spacial score (nSPS) is 16.9. The molecule has 31 heavy (non-hydrogen) atoms. The summed E-state index contributed by atoms with van der Waals surface area (Å²) in [4.78, 5) is 26.4. The van der Waals surface area contributed by atoms with E-state index < -0.39 is 21.8 Å². The second-order valence-corrected chi connectivity index (χ2v) is 9.94. The molecule has 0 spiro atoms. The van der Waals surface area contributed by atoms with E-state index in [1.807, 2.05) is 18.2 Å². The number of halogens is 1. The Morgan fingerprint density at radius 2 is 1.74 bits per heavy atom. The molecule has 0 amide bonds. The van der Waals surface area contributed by atoms with Gasteiger partial charge in [0.05, 0.1) is 11.4 Å². The van der Waals surface area contributed by atoms with Crippen LogP contribution in [-0.4, -0.2) is 68.9 Å². The van der Waals surface area contributed by atoms with Crippen LogP contribution < -0.4 is 9.80 Å². The van der Waals surface area contributed by atoms with Crippen LogP contribution in [0.25, 0.3) is 0 Å². The Morgan fingerprint density at radius 3 is 2.42 bits per heavy atom. The summed E-state index contributed by atoms with van der Waals surface area (Å²) in [6, 6.07) is 12.3. The summed E-state index contributed by atoms with van der Waals surface area (Å²) in [5, 5.41) is 9.46.